The van der Waals surface area contributed by atoms with Crippen molar-refractivity contribution in [1.82, 2.24) is 5.06 Å². The Morgan fingerprint density at radius 1 is 1.39 bits per heavy atom. The summed E-state index contributed by atoms with van der Waals surface area (Å²) < 4.78 is 1.28. The van der Waals surface area contributed by atoms with E-state index in [1.807, 2.05) is 12.1 Å². The number of rotatable bonds is 2. The zero-order chi connectivity index (χ0) is 12.7. The third-order valence-electron chi connectivity index (χ3n) is 3.53. The van der Waals surface area contributed by atoms with E-state index in [9.17, 15) is 10.0 Å². The molecule has 0 saturated heterocycles. The van der Waals surface area contributed by atoms with E-state index in [1.165, 1.54) is 15.0 Å². The van der Waals surface area contributed by atoms with Gasteiger partial charge >= 0.3 is 6.03 Å². The van der Waals surface area contributed by atoms with E-state index in [4.69, 9.17) is 5.73 Å². The average Bonchev–Trinajstić information content (AvgIpc) is 2.69. The number of primary amides is 1. The Morgan fingerprint density at radius 3 is 2.78 bits per heavy atom. The summed E-state index contributed by atoms with van der Waals surface area (Å²) in [6, 6.07) is 9.59. The number of amides is 2. The van der Waals surface area contributed by atoms with Crippen LogP contribution in [-0.4, -0.2) is 22.3 Å². The summed E-state index contributed by atoms with van der Waals surface area (Å²) in [6.45, 7) is 0. The predicted octanol–water partition coefficient (Wildman–Crippen LogP) is 2.92. The van der Waals surface area contributed by atoms with Gasteiger partial charge in [-0.1, -0.05) is 18.2 Å². The summed E-state index contributed by atoms with van der Waals surface area (Å²) in [6.07, 6.45) is 1.57. The summed E-state index contributed by atoms with van der Waals surface area (Å²) in [5.41, 5.74) is 5.03. The second kappa shape index (κ2) is 4.26. The van der Waals surface area contributed by atoms with E-state index in [0.29, 0.717) is 11.0 Å². The van der Waals surface area contributed by atoms with Crippen molar-refractivity contribution in [2.45, 2.75) is 24.8 Å². The van der Waals surface area contributed by atoms with Crippen LogP contribution in [0, 0.1) is 0 Å². The molecular weight excluding hydrogens is 248 g/mol. The van der Waals surface area contributed by atoms with E-state index in [1.54, 1.807) is 11.3 Å². The average molecular weight is 262 g/mol. The monoisotopic (exact) mass is 262 g/mol. The van der Waals surface area contributed by atoms with Crippen LogP contribution in [0.25, 0.3) is 10.1 Å². The molecule has 1 aliphatic rings. The van der Waals surface area contributed by atoms with Gasteiger partial charge in [-0.15, -0.1) is 11.3 Å². The van der Waals surface area contributed by atoms with Crippen LogP contribution in [0.3, 0.4) is 0 Å². The van der Waals surface area contributed by atoms with Gasteiger partial charge in [-0.3, -0.25) is 5.21 Å². The molecule has 1 aromatic carbocycles. The summed E-state index contributed by atoms with van der Waals surface area (Å²) in [5, 5.41) is 11.3. The molecule has 4 nitrogen and oxygen atoms in total. The molecule has 1 heterocycles. The highest BCUT2D eigenvalue weighted by Gasteiger charge is 2.36. The quantitative estimate of drug-likeness (QED) is 0.645. The normalized spacial score (nSPS) is 22.7. The van der Waals surface area contributed by atoms with Crippen molar-refractivity contribution in [2.75, 3.05) is 0 Å². The first-order chi connectivity index (χ1) is 8.65. The van der Waals surface area contributed by atoms with E-state index >= 15 is 0 Å². The highest BCUT2D eigenvalue weighted by molar-refractivity contribution is 7.19. The van der Waals surface area contributed by atoms with Crippen LogP contribution in [0.5, 0.6) is 0 Å². The van der Waals surface area contributed by atoms with Crippen molar-refractivity contribution in [1.29, 1.82) is 0 Å². The fourth-order valence-corrected chi connectivity index (χ4v) is 3.59. The Hall–Kier alpha value is -1.59. The van der Waals surface area contributed by atoms with E-state index in [0.717, 1.165) is 12.8 Å². The molecule has 1 saturated carbocycles. The topological polar surface area (TPSA) is 66.6 Å². The molecule has 1 aliphatic carbocycles. The molecule has 0 aliphatic heterocycles. The lowest BCUT2D eigenvalue weighted by atomic mass is 9.79. The Balaban J connectivity index is 1.73. The summed E-state index contributed by atoms with van der Waals surface area (Å²) in [5.74, 6) is 0.432. The summed E-state index contributed by atoms with van der Waals surface area (Å²) in [7, 11) is 0. The summed E-state index contributed by atoms with van der Waals surface area (Å²) in [4.78, 5) is 12.1. The molecule has 18 heavy (non-hydrogen) atoms. The number of fused-ring (bicyclic) bond motifs is 1. The first kappa shape index (κ1) is 11.5. The van der Waals surface area contributed by atoms with Crippen molar-refractivity contribution < 1.29 is 10.0 Å². The van der Waals surface area contributed by atoms with E-state index in [2.05, 4.69) is 18.2 Å². The molecule has 1 aromatic heterocycles. The van der Waals surface area contributed by atoms with E-state index in [-0.39, 0.29) is 6.04 Å². The number of benzene rings is 1. The number of carbonyl (C=O) groups is 1. The van der Waals surface area contributed by atoms with Gasteiger partial charge in [0, 0.05) is 9.58 Å². The highest BCUT2D eigenvalue weighted by Crippen LogP contribution is 2.43. The van der Waals surface area contributed by atoms with Gasteiger partial charge in [0.15, 0.2) is 0 Å². The molecule has 2 amide bonds. The van der Waals surface area contributed by atoms with Gasteiger partial charge in [-0.25, -0.2) is 9.86 Å². The lowest BCUT2D eigenvalue weighted by Gasteiger charge is -2.38. The smallest absolute Gasteiger partial charge is 0.338 e. The number of urea groups is 1. The van der Waals surface area contributed by atoms with Gasteiger partial charge in [0.2, 0.25) is 0 Å². The van der Waals surface area contributed by atoms with Crippen LogP contribution in [-0.2, 0) is 0 Å². The molecule has 2 aromatic rings. The molecule has 0 unspecified atom stereocenters. The fraction of sp³-hybridized carbons (Fsp3) is 0.308. The number of hydrogen-bond donors (Lipinski definition) is 2. The Bertz CT molecular complexity index is 556. The van der Waals surface area contributed by atoms with Crippen molar-refractivity contribution in [3.8, 4) is 0 Å². The lowest BCUT2D eigenvalue weighted by Crippen LogP contribution is -2.47. The summed E-state index contributed by atoms with van der Waals surface area (Å²) >= 11 is 1.79. The Labute approximate surface area is 109 Å². The first-order valence-corrected chi connectivity index (χ1v) is 6.73. The minimum Gasteiger partial charge on any atom is -0.350 e. The SMILES string of the molecule is NC(=O)N(O)C1CC(c2cc3ccccc3s2)C1. The third-order valence-corrected chi connectivity index (χ3v) is 4.81. The van der Waals surface area contributed by atoms with Gasteiger partial charge in [-0.05, 0) is 36.3 Å². The Kier molecular flexibility index (Phi) is 2.72. The molecule has 0 spiro atoms. The largest absolute Gasteiger partial charge is 0.350 e. The predicted molar refractivity (Wildman–Crippen MR) is 70.8 cm³/mol. The van der Waals surface area contributed by atoms with Crippen LogP contribution in [0.2, 0.25) is 0 Å². The van der Waals surface area contributed by atoms with Gasteiger partial charge in [0.05, 0.1) is 6.04 Å². The van der Waals surface area contributed by atoms with Crippen LogP contribution in [0.4, 0.5) is 4.79 Å². The molecule has 0 radical (unpaired) electrons. The maximum Gasteiger partial charge on any atom is 0.338 e. The lowest BCUT2D eigenvalue weighted by molar-refractivity contribution is -0.101. The number of nitrogens with zero attached hydrogens (tertiary/aromatic N) is 1. The number of hydroxylamine groups is 2. The van der Waals surface area contributed by atoms with Crippen molar-refractivity contribution in [3.63, 3.8) is 0 Å². The molecule has 5 heteroatoms. The van der Waals surface area contributed by atoms with Crippen LogP contribution >= 0.6 is 11.3 Å². The van der Waals surface area contributed by atoms with Gasteiger partial charge in [-0.2, -0.15) is 0 Å². The maximum absolute atomic E-state index is 10.8. The minimum absolute atomic E-state index is 0.127. The first-order valence-electron chi connectivity index (χ1n) is 5.91. The third kappa shape index (κ3) is 1.85. The maximum atomic E-state index is 10.8. The fourth-order valence-electron chi connectivity index (χ4n) is 2.40. The van der Waals surface area contributed by atoms with Crippen LogP contribution in [0.15, 0.2) is 30.3 Å². The Morgan fingerprint density at radius 2 is 2.11 bits per heavy atom. The number of carbonyl (C=O) groups excluding carboxylic acids is 1. The van der Waals surface area contributed by atoms with Crippen LogP contribution < -0.4 is 5.73 Å². The zero-order valence-corrected chi connectivity index (χ0v) is 10.6. The molecule has 0 atom stereocenters. The molecule has 3 rings (SSSR count). The molecule has 94 valence electrons. The van der Waals surface area contributed by atoms with Crippen molar-refractivity contribution in [3.05, 3.63) is 35.2 Å². The second-order valence-electron chi connectivity index (χ2n) is 4.69. The minimum atomic E-state index is -0.769. The van der Waals surface area contributed by atoms with E-state index < -0.39 is 6.03 Å². The van der Waals surface area contributed by atoms with Gasteiger partial charge < -0.3 is 5.73 Å². The van der Waals surface area contributed by atoms with Gasteiger partial charge in [0.1, 0.15) is 0 Å². The highest BCUT2D eigenvalue weighted by atomic mass is 32.1. The zero-order valence-electron chi connectivity index (χ0n) is 9.74. The number of nitrogens with two attached hydrogens (primary N) is 1. The standard InChI is InChI=1S/C13H14N2O2S/c14-13(16)15(17)10-5-9(6-10)12-7-8-3-1-2-4-11(8)18-12/h1-4,7,9-10,17H,5-6H2,(H2,14,16). The van der Waals surface area contributed by atoms with Crippen molar-refractivity contribution >= 4 is 27.5 Å². The van der Waals surface area contributed by atoms with Crippen molar-refractivity contribution in [2.24, 2.45) is 5.73 Å². The molecule has 0 bridgehead atoms. The number of thiophene rings is 1. The number of hydrogen-bond acceptors (Lipinski definition) is 3. The van der Waals surface area contributed by atoms with Crippen LogP contribution in [0.1, 0.15) is 23.6 Å². The molecular formula is C13H14N2O2S. The second-order valence-corrected chi connectivity index (χ2v) is 5.81. The molecule has 3 N–H and O–H groups in total. The molecule has 1 fully saturated rings. The van der Waals surface area contributed by atoms with Gasteiger partial charge in [0.25, 0.3) is 0 Å².